The lowest BCUT2D eigenvalue weighted by atomic mass is 10.0. The summed E-state index contributed by atoms with van der Waals surface area (Å²) in [6, 6.07) is 9.37. The number of aliphatic carboxylic acids is 1. The Kier molecular flexibility index (Phi) is 5.80. The topological polar surface area (TPSA) is 75.6 Å². The van der Waals surface area contributed by atoms with Gasteiger partial charge >= 0.3 is 5.97 Å². The maximum Gasteiger partial charge on any atom is 0.341 e. The predicted molar refractivity (Wildman–Crippen MR) is 97.6 cm³/mol. The molecule has 0 saturated carbocycles. The normalized spacial score (nSPS) is 10.4. The highest BCUT2D eigenvalue weighted by atomic mass is 16.5. The molecule has 0 radical (unpaired) electrons. The van der Waals surface area contributed by atoms with E-state index in [0.29, 0.717) is 11.3 Å². The van der Waals surface area contributed by atoms with E-state index < -0.39 is 12.6 Å². The molecule has 2 aromatic rings. The third-order valence-corrected chi connectivity index (χ3v) is 4.04. The minimum atomic E-state index is -1.03. The summed E-state index contributed by atoms with van der Waals surface area (Å²) in [4.78, 5) is 23.3. The summed E-state index contributed by atoms with van der Waals surface area (Å²) in [7, 11) is 0. The maximum absolute atomic E-state index is 12.7. The van der Waals surface area contributed by atoms with Crippen molar-refractivity contribution in [3.05, 3.63) is 58.1 Å². The number of carbonyl (C=O) groups excluding carboxylic acids is 1. The smallest absolute Gasteiger partial charge is 0.341 e. The van der Waals surface area contributed by atoms with Crippen LogP contribution in [0.1, 0.15) is 39.5 Å². The van der Waals surface area contributed by atoms with Crippen molar-refractivity contribution in [1.29, 1.82) is 0 Å². The summed E-state index contributed by atoms with van der Waals surface area (Å²) in [5, 5.41) is 11.7. The van der Waals surface area contributed by atoms with Crippen molar-refractivity contribution in [3.63, 3.8) is 0 Å². The first-order chi connectivity index (χ1) is 11.8. The number of anilines is 1. The molecular formula is C20H23NO4. The molecule has 0 atom stereocenters. The summed E-state index contributed by atoms with van der Waals surface area (Å²) >= 11 is 0. The van der Waals surface area contributed by atoms with Crippen LogP contribution in [0.5, 0.6) is 5.75 Å². The van der Waals surface area contributed by atoms with Crippen molar-refractivity contribution in [2.45, 2.75) is 34.1 Å². The lowest BCUT2D eigenvalue weighted by Crippen LogP contribution is -2.16. The number of nitrogens with one attached hydrogen (secondary N) is 1. The van der Waals surface area contributed by atoms with Crippen LogP contribution >= 0.6 is 0 Å². The van der Waals surface area contributed by atoms with Crippen LogP contribution in [0.4, 0.5) is 5.69 Å². The fourth-order valence-electron chi connectivity index (χ4n) is 2.83. The first-order valence-corrected chi connectivity index (χ1v) is 8.19. The number of hydrogen-bond donors (Lipinski definition) is 2. The van der Waals surface area contributed by atoms with Gasteiger partial charge in [0.2, 0.25) is 0 Å². The minimum Gasteiger partial charge on any atom is -0.481 e. The number of amides is 1. The quantitative estimate of drug-likeness (QED) is 0.836. The largest absolute Gasteiger partial charge is 0.481 e. The van der Waals surface area contributed by atoms with Crippen LogP contribution in [-0.2, 0) is 11.2 Å². The zero-order chi connectivity index (χ0) is 18.6. The van der Waals surface area contributed by atoms with Crippen LogP contribution in [0.25, 0.3) is 0 Å². The molecule has 2 aromatic carbocycles. The third kappa shape index (κ3) is 4.38. The summed E-state index contributed by atoms with van der Waals surface area (Å²) in [6.45, 7) is 7.20. The molecule has 2 N–H and O–H groups in total. The molecule has 25 heavy (non-hydrogen) atoms. The fourth-order valence-corrected chi connectivity index (χ4v) is 2.83. The molecule has 0 spiro atoms. The number of rotatable bonds is 6. The minimum absolute atomic E-state index is 0.194. The van der Waals surface area contributed by atoms with Crippen molar-refractivity contribution in [3.8, 4) is 5.75 Å². The Balaban J connectivity index is 2.27. The molecule has 0 unspecified atom stereocenters. The van der Waals surface area contributed by atoms with Crippen LogP contribution in [0, 0.1) is 20.8 Å². The van der Waals surface area contributed by atoms with Crippen LogP contribution in [0.3, 0.4) is 0 Å². The second-order valence-corrected chi connectivity index (χ2v) is 6.04. The molecule has 0 heterocycles. The Labute approximate surface area is 147 Å². The van der Waals surface area contributed by atoms with Crippen molar-refractivity contribution in [2.75, 3.05) is 11.9 Å². The Morgan fingerprint density at radius 3 is 2.28 bits per heavy atom. The van der Waals surface area contributed by atoms with Gasteiger partial charge in [0.25, 0.3) is 5.91 Å². The van der Waals surface area contributed by atoms with E-state index in [9.17, 15) is 9.59 Å². The monoisotopic (exact) mass is 341 g/mol. The van der Waals surface area contributed by atoms with Crippen molar-refractivity contribution < 1.29 is 19.4 Å². The zero-order valence-electron chi connectivity index (χ0n) is 15.0. The molecule has 0 aromatic heterocycles. The van der Waals surface area contributed by atoms with Crippen molar-refractivity contribution in [2.24, 2.45) is 0 Å². The summed E-state index contributed by atoms with van der Waals surface area (Å²) < 4.78 is 5.31. The number of aryl methyl sites for hydroxylation is 4. The number of carbonyl (C=O) groups is 2. The van der Waals surface area contributed by atoms with E-state index in [-0.39, 0.29) is 5.91 Å². The van der Waals surface area contributed by atoms with E-state index in [0.717, 1.165) is 34.4 Å². The first-order valence-electron chi connectivity index (χ1n) is 8.19. The molecule has 1 amide bonds. The van der Waals surface area contributed by atoms with E-state index in [1.165, 1.54) is 0 Å². The van der Waals surface area contributed by atoms with Gasteiger partial charge < -0.3 is 15.2 Å². The lowest BCUT2D eigenvalue weighted by Gasteiger charge is -2.15. The fraction of sp³-hybridized carbons (Fsp3) is 0.300. The van der Waals surface area contributed by atoms with Crippen LogP contribution < -0.4 is 10.1 Å². The van der Waals surface area contributed by atoms with Crippen LogP contribution in [0.15, 0.2) is 30.3 Å². The second kappa shape index (κ2) is 7.83. The summed E-state index contributed by atoms with van der Waals surface area (Å²) in [6.07, 6.45) is 0.831. The van der Waals surface area contributed by atoms with Crippen molar-refractivity contribution >= 4 is 17.6 Å². The van der Waals surface area contributed by atoms with E-state index in [4.69, 9.17) is 9.84 Å². The first kappa shape index (κ1) is 18.5. The number of hydrogen-bond acceptors (Lipinski definition) is 3. The number of benzene rings is 2. The van der Waals surface area contributed by atoms with Gasteiger partial charge in [0, 0.05) is 11.3 Å². The van der Waals surface area contributed by atoms with Gasteiger partial charge in [-0.15, -0.1) is 0 Å². The number of carboxylic acids is 1. The highest BCUT2D eigenvalue weighted by Crippen LogP contribution is 2.26. The van der Waals surface area contributed by atoms with Crippen molar-refractivity contribution in [1.82, 2.24) is 0 Å². The van der Waals surface area contributed by atoms with E-state index in [1.54, 1.807) is 26.0 Å². The number of ether oxygens (including phenoxy) is 1. The Hall–Kier alpha value is -2.82. The van der Waals surface area contributed by atoms with Crippen LogP contribution in [0.2, 0.25) is 0 Å². The molecule has 0 aliphatic rings. The molecule has 0 aliphatic heterocycles. The van der Waals surface area contributed by atoms with E-state index in [2.05, 4.69) is 5.32 Å². The molecule has 2 rings (SSSR count). The van der Waals surface area contributed by atoms with Gasteiger partial charge in [-0.05, 0) is 61.6 Å². The average Bonchev–Trinajstić information content (AvgIpc) is 2.55. The van der Waals surface area contributed by atoms with Gasteiger partial charge in [-0.25, -0.2) is 4.79 Å². The zero-order valence-corrected chi connectivity index (χ0v) is 15.0. The molecule has 0 fully saturated rings. The van der Waals surface area contributed by atoms with Gasteiger partial charge in [-0.3, -0.25) is 4.79 Å². The van der Waals surface area contributed by atoms with E-state index in [1.807, 2.05) is 32.0 Å². The SMILES string of the molecule is CCc1cccc(C)c1NC(=O)c1cc(C)c(OCC(=O)O)c(C)c1. The summed E-state index contributed by atoms with van der Waals surface area (Å²) in [5.74, 6) is -0.726. The van der Waals surface area contributed by atoms with Gasteiger partial charge in [-0.2, -0.15) is 0 Å². The molecule has 0 bridgehead atoms. The Morgan fingerprint density at radius 2 is 1.72 bits per heavy atom. The molecule has 5 nitrogen and oxygen atoms in total. The Morgan fingerprint density at radius 1 is 1.08 bits per heavy atom. The number of para-hydroxylation sites is 1. The third-order valence-electron chi connectivity index (χ3n) is 4.04. The average molecular weight is 341 g/mol. The highest BCUT2D eigenvalue weighted by molar-refractivity contribution is 6.05. The lowest BCUT2D eigenvalue weighted by molar-refractivity contribution is -0.139. The molecule has 0 saturated heterocycles. The standard InChI is InChI=1S/C20H23NO4/c1-5-15-8-6-7-12(2)18(15)21-20(24)16-9-13(3)19(14(4)10-16)25-11-17(22)23/h6-10H,5,11H2,1-4H3,(H,21,24)(H,22,23). The predicted octanol–water partition coefficient (Wildman–Crippen LogP) is 3.89. The molecular weight excluding hydrogens is 318 g/mol. The van der Waals surface area contributed by atoms with Gasteiger partial charge in [0.1, 0.15) is 5.75 Å². The van der Waals surface area contributed by atoms with Crippen LogP contribution in [-0.4, -0.2) is 23.6 Å². The second-order valence-electron chi connectivity index (χ2n) is 6.04. The molecule has 5 heteroatoms. The maximum atomic E-state index is 12.7. The Bertz CT molecular complexity index is 788. The van der Waals surface area contributed by atoms with Gasteiger partial charge in [0.15, 0.2) is 6.61 Å². The summed E-state index contributed by atoms with van der Waals surface area (Å²) in [5.41, 5.74) is 4.92. The molecule has 132 valence electrons. The van der Waals surface area contributed by atoms with E-state index >= 15 is 0 Å². The number of carboxylic acid groups (broad SMARTS) is 1. The molecule has 0 aliphatic carbocycles. The van der Waals surface area contributed by atoms with Gasteiger partial charge in [-0.1, -0.05) is 25.1 Å². The highest BCUT2D eigenvalue weighted by Gasteiger charge is 2.15. The van der Waals surface area contributed by atoms with Gasteiger partial charge in [0.05, 0.1) is 0 Å².